The molecule has 1 aliphatic rings. The first-order valence-electron chi connectivity index (χ1n) is 6.73. The van der Waals surface area contributed by atoms with Gasteiger partial charge in [0.05, 0.1) is 0 Å². The van der Waals surface area contributed by atoms with Crippen LogP contribution in [0.5, 0.6) is 0 Å². The minimum atomic E-state index is 0.564. The second kappa shape index (κ2) is 6.69. The highest BCUT2D eigenvalue weighted by molar-refractivity contribution is 9.10. The predicted octanol–water partition coefficient (Wildman–Crippen LogP) is 3.66. The van der Waals surface area contributed by atoms with Gasteiger partial charge in [-0.1, -0.05) is 28.1 Å². The van der Waals surface area contributed by atoms with Gasteiger partial charge in [0.15, 0.2) is 0 Å². The second-order valence-electron chi connectivity index (χ2n) is 5.20. The summed E-state index contributed by atoms with van der Waals surface area (Å²) >= 11 is 3.59. The molecule has 1 saturated heterocycles. The summed E-state index contributed by atoms with van der Waals surface area (Å²) in [6, 6.07) is 7.14. The molecule has 2 nitrogen and oxygen atoms in total. The first kappa shape index (κ1) is 14.0. The van der Waals surface area contributed by atoms with Crippen molar-refractivity contribution in [3.63, 3.8) is 0 Å². The maximum absolute atomic E-state index is 5.41. The molecule has 1 N–H and O–H groups in total. The third-order valence-corrected chi connectivity index (χ3v) is 4.69. The van der Waals surface area contributed by atoms with Gasteiger partial charge in [0.25, 0.3) is 0 Å². The number of hydrogen-bond acceptors (Lipinski definition) is 2. The molecule has 0 aromatic heterocycles. The van der Waals surface area contributed by atoms with E-state index in [1.807, 2.05) is 0 Å². The van der Waals surface area contributed by atoms with Gasteiger partial charge in [0.2, 0.25) is 0 Å². The lowest BCUT2D eigenvalue weighted by Gasteiger charge is -2.28. The Morgan fingerprint density at radius 2 is 2.11 bits per heavy atom. The van der Waals surface area contributed by atoms with Crippen molar-refractivity contribution in [1.29, 1.82) is 0 Å². The Bertz CT molecular complexity index is 388. The minimum Gasteiger partial charge on any atom is -0.381 e. The largest absolute Gasteiger partial charge is 0.381 e. The summed E-state index contributed by atoms with van der Waals surface area (Å²) < 4.78 is 6.60. The standard InChI is InChI=1S/C15H22BrNO/c1-11-3-4-13(9-15(11)16)10-17-12(2)14-5-7-18-8-6-14/h3-4,9,12,14,17H,5-8,10H2,1-2H3. The fraction of sp³-hybridized carbons (Fsp3) is 0.600. The Hall–Kier alpha value is -0.380. The molecule has 18 heavy (non-hydrogen) atoms. The molecule has 0 spiro atoms. The first-order chi connectivity index (χ1) is 8.66. The molecule has 1 atom stereocenters. The average molecular weight is 312 g/mol. The fourth-order valence-electron chi connectivity index (χ4n) is 2.41. The van der Waals surface area contributed by atoms with E-state index in [0.29, 0.717) is 6.04 Å². The van der Waals surface area contributed by atoms with Crippen LogP contribution >= 0.6 is 15.9 Å². The molecule has 3 heteroatoms. The Kier molecular flexibility index (Phi) is 5.22. The van der Waals surface area contributed by atoms with Crippen LogP contribution < -0.4 is 5.32 Å². The Labute approximate surface area is 118 Å². The van der Waals surface area contributed by atoms with Crippen molar-refractivity contribution in [2.75, 3.05) is 13.2 Å². The number of aryl methyl sites for hydroxylation is 1. The zero-order valence-corrected chi connectivity index (χ0v) is 12.8. The quantitative estimate of drug-likeness (QED) is 0.916. The number of halogens is 1. The summed E-state index contributed by atoms with van der Waals surface area (Å²) in [7, 11) is 0. The van der Waals surface area contributed by atoms with Crippen LogP contribution in [0.1, 0.15) is 30.9 Å². The van der Waals surface area contributed by atoms with Crippen molar-refractivity contribution in [3.8, 4) is 0 Å². The van der Waals surface area contributed by atoms with Crippen LogP contribution in [-0.4, -0.2) is 19.3 Å². The summed E-state index contributed by atoms with van der Waals surface area (Å²) in [5.41, 5.74) is 2.63. The number of rotatable bonds is 4. The SMILES string of the molecule is Cc1ccc(CNC(C)C2CCOCC2)cc1Br. The molecule has 0 aliphatic carbocycles. The summed E-state index contributed by atoms with van der Waals surface area (Å²) in [4.78, 5) is 0. The maximum Gasteiger partial charge on any atom is 0.0469 e. The summed E-state index contributed by atoms with van der Waals surface area (Å²) in [6.45, 7) is 7.20. The number of ether oxygens (including phenoxy) is 1. The number of nitrogens with one attached hydrogen (secondary N) is 1. The van der Waals surface area contributed by atoms with E-state index in [4.69, 9.17) is 4.74 Å². The van der Waals surface area contributed by atoms with Gasteiger partial charge in [-0.25, -0.2) is 0 Å². The molecule has 100 valence electrons. The van der Waals surface area contributed by atoms with Crippen LogP contribution in [0, 0.1) is 12.8 Å². The van der Waals surface area contributed by atoms with Crippen molar-refractivity contribution in [3.05, 3.63) is 33.8 Å². The summed E-state index contributed by atoms with van der Waals surface area (Å²) in [5.74, 6) is 0.757. The molecule has 1 aromatic carbocycles. The van der Waals surface area contributed by atoms with Crippen molar-refractivity contribution in [2.45, 2.75) is 39.3 Å². The fourth-order valence-corrected chi connectivity index (χ4v) is 2.83. The lowest BCUT2D eigenvalue weighted by molar-refractivity contribution is 0.0558. The summed E-state index contributed by atoms with van der Waals surface area (Å²) in [6.07, 6.45) is 2.37. The zero-order chi connectivity index (χ0) is 13.0. The van der Waals surface area contributed by atoms with Crippen LogP contribution in [0.3, 0.4) is 0 Å². The third kappa shape index (κ3) is 3.81. The third-order valence-electron chi connectivity index (χ3n) is 3.84. The highest BCUT2D eigenvalue weighted by Gasteiger charge is 2.19. The van der Waals surface area contributed by atoms with E-state index >= 15 is 0 Å². The molecular weight excluding hydrogens is 290 g/mol. The van der Waals surface area contributed by atoms with Gasteiger partial charge >= 0.3 is 0 Å². The zero-order valence-electron chi connectivity index (χ0n) is 11.2. The molecule has 1 heterocycles. The Balaban J connectivity index is 1.84. The van der Waals surface area contributed by atoms with E-state index in [1.165, 1.54) is 28.4 Å². The minimum absolute atomic E-state index is 0.564. The van der Waals surface area contributed by atoms with E-state index in [-0.39, 0.29) is 0 Å². The van der Waals surface area contributed by atoms with Gasteiger partial charge in [-0.3, -0.25) is 0 Å². The topological polar surface area (TPSA) is 21.3 Å². The van der Waals surface area contributed by atoms with Gasteiger partial charge in [0, 0.05) is 30.3 Å². The molecule has 0 radical (unpaired) electrons. The molecule has 0 saturated carbocycles. The molecule has 0 amide bonds. The second-order valence-corrected chi connectivity index (χ2v) is 6.06. The number of benzene rings is 1. The molecule has 0 bridgehead atoms. The molecule has 1 aromatic rings. The Morgan fingerprint density at radius 1 is 1.39 bits per heavy atom. The highest BCUT2D eigenvalue weighted by Crippen LogP contribution is 2.20. The highest BCUT2D eigenvalue weighted by atomic mass is 79.9. The van der Waals surface area contributed by atoms with Crippen molar-refractivity contribution < 1.29 is 4.74 Å². The van der Waals surface area contributed by atoms with Gasteiger partial charge in [-0.05, 0) is 49.8 Å². The van der Waals surface area contributed by atoms with Gasteiger partial charge in [-0.15, -0.1) is 0 Å². The van der Waals surface area contributed by atoms with Crippen LogP contribution in [0.25, 0.3) is 0 Å². The monoisotopic (exact) mass is 311 g/mol. The van der Waals surface area contributed by atoms with E-state index < -0.39 is 0 Å². The lowest BCUT2D eigenvalue weighted by Crippen LogP contribution is -2.36. The average Bonchev–Trinajstić information content (AvgIpc) is 2.41. The van der Waals surface area contributed by atoms with E-state index in [0.717, 1.165) is 25.7 Å². The molecular formula is C15H22BrNO. The van der Waals surface area contributed by atoms with Gasteiger partial charge in [-0.2, -0.15) is 0 Å². The van der Waals surface area contributed by atoms with Crippen LogP contribution in [0.15, 0.2) is 22.7 Å². The van der Waals surface area contributed by atoms with E-state index in [1.54, 1.807) is 0 Å². The van der Waals surface area contributed by atoms with Gasteiger partial charge < -0.3 is 10.1 Å². The van der Waals surface area contributed by atoms with Crippen LogP contribution in [-0.2, 0) is 11.3 Å². The van der Waals surface area contributed by atoms with E-state index in [2.05, 4.69) is 53.3 Å². The van der Waals surface area contributed by atoms with E-state index in [9.17, 15) is 0 Å². The van der Waals surface area contributed by atoms with Gasteiger partial charge in [0.1, 0.15) is 0 Å². The maximum atomic E-state index is 5.41. The van der Waals surface area contributed by atoms with Crippen LogP contribution in [0.4, 0.5) is 0 Å². The summed E-state index contributed by atoms with van der Waals surface area (Å²) in [5, 5.41) is 3.64. The molecule has 1 aliphatic heterocycles. The molecule has 2 rings (SSSR count). The lowest BCUT2D eigenvalue weighted by atomic mass is 9.93. The van der Waals surface area contributed by atoms with Crippen LogP contribution in [0.2, 0.25) is 0 Å². The van der Waals surface area contributed by atoms with Crippen molar-refractivity contribution >= 4 is 15.9 Å². The van der Waals surface area contributed by atoms with Crippen molar-refractivity contribution in [2.24, 2.45) is 5.92 Å². The van der Waals surface area contributed by atoms with Crippen molar-refractivity contribution in [1.82, 2.24) is 5.32 Å². The Morgan fingerprint density at radius 3 is 2.78 bits per heavy atom. The normalized spacial score (nSPS) is 18.8. The molecule has 1 unspecified atom stereocenters. The first-order valence-corrected chi connectivity index (χ1v) is 7.52. The predicted molar refractivity (Wildman–Crippen MR) is 78.7 cm³/mol. The smallest absolute Gasteiger partial charge is 0.0469 e. The number of hydrogen-bond donors (Lipinski definition) is 1. The molecule has 1 fully saturated rings.